The SMILES string of the molecule is CCOC(=O)OC(=O)c1ccc2c(C(N)=O)nn(CC(=O)N(CC(=O)NCc3cccc(Cl)c3F)C3CC3)c2c1. The number of benzene rings is 2. The van der Waals surface area contributed by atoms with Crippen LogP contribution in [0.4, 0.5) is 9.18 Å². The molecule has 3 N–H and O–H groups in total. The first-order valence-corrected chi connectivity index (χ1v) is 12.6. The van der Waals surface area contributed by atoms with Crippen LogP contribution < -0.4 is 11.1 Å². The molecule has 1 fully saturated rings. The zero-order chi connectivity index (χ0) is 29.0. The lowest BCUT2D eigenvalue weighted by molar-refractivity contribution is -0.137. The summed E-state index contributed by atoms with van der Waals surface area (Å²) in [5, 5.41) is 6.94. The maximum atomic E-state index is 14.1. The van der Waals surface area contributed by atoms with E-state index in [-0.39, 0.29) is 65.0 Å². The van der Waals surface area contributed by atoms with E-state index in [1.165, 1.54) is 39.9 Å². The zero-order valence-electron chi connectivity index (χ0n) is 21.3. The van der Waals surface area contributed by atoms with Gasteiger partial charge in [0.1, 0.15) is 12.4 Å². The fraction of sp³-hybridized carbons (Fsp3) is 0.308. The number of amides is 3. The third-order valence-corrected chi connectivity index (χ3v) is 6.37. The quantitative estimate of drug-likeness (QED) is 0.276. The Kier molecular flexibility index (Phi) is 8.63. The average molecular weight is 574 g/mol. The van der Waals surface area contributed by atoms with Crippen molar-refractivity contribution >= 4 is 52.4 Å². The molecule has 4 rings (SSSR count). The zero-order valence-corrected chi connectivity index (χ0v) is 22.1. The van der Waals surface area contributed by atoms with Crippen molar-refractivity contribution in [2.45, 2.75) is 38.9 Å². The van der Waals surface area contributed by atoms with E-state index in [1.807, 2.05) is 0 Å². The van der Waals surface area contributed by atoms with Crippen LogP contribution in [0.2, 0.25) is 5.02 Å². The molecule has 12 nitrogen and oxygen atoms in total. The van der Waals surface area contributed by atoms with Gasteiger partial charge in [0.05, 0.1) is 29.3 Å². The fourth-order valence-electron chi connectivity index (χ4n) is 4.00. The minimum Gasteiger partial charge on any atom is -0.434 e. The predicted molar refractivity (Wildman–Crippen MR) is 139 cm³/mol. The van der Waals surface area contributed by atoms with Crippen LogP contribution in [0.3, 0.4) is 0 Å². The summed E-state index contributed by atoms with van der Waals surface area (Å²) in [6.45, 7) is 0.771. The maximum Gasteiger partial charge on any atom is 0.516 e. The molecule has 0 atom stereocenters. The molecule has 40 heavy (non-hydrogen) atoms. The highest BCUT2D eigenvalue weighted by Gasteiger charge is 2.34. The van der Waals surface area contributed by atoms with E-state index in [4.69, 9.17) is 17.3 Å². The largest absolute Gasteiger partial charge is 0.516 e. The van der Waals surface area contributed by atoms with Gasteiger partial charge in [0.2, 0.25) is 11.8 Å². The molecular weight excluding hydrogens is 549 g/mol. The number of halogens is 2. The van der Waals surface area contributed by atoms with Crippen LogP contribution in [0.15, 0.2) is 36.4 Å². The van der Waals surface area contributed by atoms with Gasteiger partial charge < -0.3 is 25.4 Å². The van der Waals surface area contributed by atoms with Gasteiger partial charge in [-0.1, -0.05) is 23.7 Å². The van der Waals surface area contributed by atoms with Crippen LogP contribution in [0.1, 0.15) is 46.2 Å². The summed E-state index contributed by atoms with van der Waals surface area (Å²) in [5.41, 5.74) is 5.67. The normalized spacial score (nSPS) is 12.6. The number of nitrogens with one attached hydrogen (secondary N) is 1. The maximum absolute atomic E-state index is 14.1. The number of nitrogens with zero attached hydrogens (tertiary/aromatic N) is 3. The number of primary amides is 1. The molecule has 1 aromatic heterocycles. The molecule has 14 heteroatoms. The molecule has 0 aliphatic heterocycles. The molecule has 0 spiro atoms. The van der Waals surface area contributed by atoms with Crippen molar-refractivity contribution < 1.29 is 37.8 Å². The van der Waals surface area contributed by atoms with Gasteiger partial charge in [-0.3, -0.25) is 19.1 Å². The van der Waals surface area contributed by atoms with Crippen LogP contribution in [-0.4, -0.2) is 63.7 Å². The monoisotopic (exact) mass is 573 g/mol. The van der Waals surface area contributed by atoms with Crippen molar-refractivity contribution in [2.75, 3.05) is 13.2 Å². The van der Waals surface area contributed by atoms with E-state index in [9.17, 15) is 28.4 Å². The first-order chi connectivity index (χ1) is 19.1. The van der Waals surface area contributed by atoms with Crippen molar-refractivity contribution in [3.05, 3.63) is 64.1 Å². The number of nitrogens with two attached hydrogens (primary N) is 1. The standard InChI is InChI=1S/C26H25ClFN5O7/c1-2-39-26(38)40-25(37)14-6-9-17-19(10-14)33(31-23(17)24(29)36)13-21(35)32(16-7-8-16)12-20(34)30-11-15-4-3-5-18(27)22(15)28/h3-6,9-10,16H,2,7-8,11-13H2,1H3,(H2,29,36)(H,30,34). The molecule has 0 saturated heterocycles. The summed E-state index contributed by atoms with van der Waals surface area (Å²) in [4.78, 5) is 63.2. The van der Waals surface area contributed by atoms with Crippen molar-refractivity contribution in [2.24, 2.45) is 5.73 Å². The van der Waals surface area contributed by atoms with Gasteiger partial charge in [-0.05, 0) is 44.0 Å². The molecule has 3 amide bonds. The third-order valence-electron chi connectivity index (χ3n) is 6.07. The number of rotatable bonds is 10. The molecule has 1 heterocycles. The van der Waals surface area contributed by atoms with Crippen LogP contribution in [-0.2, 0) is 32.2 Å². The van der Waals surface area contributed by atoms with Crippen molar-refractivity contribution in [1.82, 2.24) is 20.0 Å². The Balaban J connectivity index is 1.51. The predicted octanol–water partition coefficient (Wildman–Crippen LogP) is 2.55. The Morgan fingerprint density at radius 3 is 2.62 bits per heavy atom. The molecular formula is C26H25ClFN5O7. The van der Waals surface area contributed by atoms with E-state index >= 15 is 0 Å². The molecule has 2 aromatic carbocycles. The van der Waals surface area contributed by atoms with Crippen LogP contribution >= 0.6 is 11.6 Å². The highest BCUT2D eigenvalue weighted by atomic mass is 35.5. The summed E-state index contributed by atoms with van der Waals surface area (Å²) in [6, 6.07) is 8.28. The van der Waals surface area contributed by atoms with E-state index in [0.29, 0.717) is 12.8 Å². The second-order valence-corrected chi connectivity index (χ2v) is 9.32. The summed E-state index contributed by atoms with van der Waals surface area (Å²) < 4.78 is 24.6. The molecule has 0 radical (unpaired) electrons. The van der Waals surface area contributed by atoms with Gasteiger partial charge in [-0.25, -0.2) is 14.0 Å². The fourth-order valence-corrected chi connectivity index (χ4v) is 4.19. The summed E-state index contributed by atoms with van der Waals surface area (Å²) in [6.07, 6.45) is 0.210. The summed E-state index contributed by atoms with van der Waals surface area (Å²) in [5.74, 6) is -3.49. The Morgan fingerprint density at radius 1 is 1.20 bits per heavy atom. The van der Waals surface area contributed by atoms with Gasteiger partial charge in [0, 0.05) is 23.5 Å². The van der Waals surface area contributed by atoms with Crippen LogP contribution in [0, 0.1) is 5.82 Å². The number of fused-ring (bicyclic) bond motifs is 1. The Hall–Kier alpha value is -4.52. The number of ether oxygens (including phenoxy) is 2. The number of aromatic nitrogens is 2. The number of carbonyl (C=O) groups is 5. The molecule has 0 unspecified atom stereocenters. The Labute approximate surface area is 232 Å². The van der Waals surface area contributed by atoms with E-state index < -0.39 is 35.7 Å². The summed E-state index contributed by atoms with van der Waals surface area (Å²) >= 11 is 5.78. The van der Waals surface area contributed by atoms with E-state index in [0.717, 1.165) is 0 Å². The van der Waals surface area contributed by atoms with Gasteiger partial charge in [0.25, 0.3) is 5.91 Å². The van der Waals surface area contributed by atoms with Crippen LogP contribution in [0.25, 0.3) is 10.9 Å². The molecule has 1 saturated carbocycles. The molecule has 210 valence electrons. The topological polar surface area (TPSA) is 163 Å². The number of hydrogen-bond acceptors (Lipinski definition) is 8. The number of hydrogen-bond donors (Lipinski definition) is 2. The van der Waals surface area contributed by atoms with Gasteiger partial charge in [-0.15, -0.1) is 0 Å². The van der Waals surface area contributed by atoms with Gasteiger partial charge in [-0.2, -0.15) is 5.10 Å². The minimum atomic E-state index is -1.18. The molecule has 3 aromatic rings. The first kappa shape index (κ1) is 28.5. The van der Waals surface area contributed by atoms with Crippen LogP contribution in [0.5, 0.6) is 0 Å². The number of carbonyl (C=O) groups excluding carboxylic acids is 5. The lowest BCUT2D eigenvalue weighted by Gasteiger charge is -2.22. The highest BCUT2D eigenvalue weighted by molar-refractivity contribution is 6.30. The smallest absolute Gasteiger partial charge is 0.434 e. The lowest BCUT2D eigenvalue weighted by Crippen LogP contribution is -2.43. The summed E-state index contributed by atoms with van der Waals surface area (Å²) in [7, 11) is 0. The van der Waals surface area contributed by atoms with Crippen molar-refractivity contribution in [3.8, 4) is 0 Å². The third kappa shape index (κ3) is 6.54. The lowest BCUT2D eigenvalue weighted by atomic mass is 10.1. The van der Waals surface area contributed by atoms with Gasteiger partial charge in [0.15, 0.2) is 5.69 Å². The molecule has 0 bridgehead atoms. The van der Waals surface area contributed by atoms with E-state index in [2.05, 4.69) is 19.9 Å². The highest BCUT2D eigenvalue weighted by Crippen LogP contribution is 2.28. The first-order valence-electron chi connectivity index (χ1n) is 12.3. The average Bonchev–Trinajstić information content (AvgIpc) is 3.69. The van der Waals surface area contributed by atoms with Crippen molar-refractivity contribution in [1.29, 1.82) is 0 Å². The Morgan fingerprint density at radius 2 is 1.95 bits per heavy atom. The number of esters is 1. The van der Waals surface area contributed by atoms with Gasteiger partial charge >= 0.3 is 12.1 Å². The second-order valence-electron chi connectivity index (χ2n) is 8.92. The minimum absolute atomic E-state index is 0.00894. The molecule has 1 aliphatic rings. The van der Waals surface area contributed by atoms with E-state index in [1.54, 1.807) is 13.0 Å². The van der Waals surface area contributed by atoms with Crippen molar-refractivity contribution in [3.63, 3.8) is 0 Å². The Bertz CT molecular complexity index is 1500. The second kappa shape index (κ2) is 12.1. The molecule has 1 aliphatic carbocycles.